The van der Waals surface area contributed by atoms with Crippen LogP contribution < -0.4 is 11.1 Å². The Hall–Kier alpha value is -1.35. The standard InChI is InChI=1S/C14H20N2O/c1-10(12-5-3-2-4-6-12)14(17)16-9-11-7-13(15)8-11/h2-6,10-11,13H,7-9,15H2,1H3,(H,16,17). The molecule has 1 aromatic carbocycles. The minimum atomic E-state index is -0.0788. The summed E-state index contributed by atoms with van der Waals surface area (Å²) in [5.74, 6) is 0.610. The highest BCUT2D eigenvalue weighted by Gasteiger charge is 2.26. The summed E-state index contributed by atoms with van der Waals surface area (Å²) in [6, 6.07) is 10.2. The van der Waals surface area contributed by atoms with Gasteiger partial charge in [-0.1, -0.05) is 30.3 Å². The zero-order valence-electron chi connectivity index (χ0n) is 10.2. The predicted molar refractivity (Wildman–Crippen MR) is 68.6 cm³/mol. The molecule has 1 fully saturated rings. The molecule has 0 aromatic heterocycles. The Bertz CT molecular complexity index is 371. The van der Waals surface area contributed by atoms with Gasteiger partial charge in [0.2, 0.25) is 5.91 Å². The Kier molecular flexibility index (Phi) is 3.79. The van der Waals surface area contributed by atoms with Gasteiger partial charge in [0, 0.05) is 12.6 Å². The van der Waals surface area contributed by atoms with Crippen molar-refractivity contribution >= 4 is 5.91 Å². The minimum absolute atomic E-state index is 0.0788. The quantitative estimate of drug-likeness (QED) is 0.829. The molecule has 0 aliphatic heterocycles. The van der Waals surface area contributed by atoms with Crippen LogP contribution in [0.1, 0.15) is 31.2 Å². The first-order chi connectivity index (χ1) is 8.16. The molecule has 0 saturated heterocycles. The van der Waals surface area contributed by atoms with Crippen molar-refractivity contribution in [3.8, 4) is 0 Å². The van der Waals surface area contributed by atoms with Crippen molar-refractivity contribution in [2.75, 3.05) is 6.54 Å². The molecule has 3 nitrogen and oxygen atoms in total. The van der Waals surface area contributed by atoms with E-state index < -0.39 is 0 Å². The Morgan fingerprint density at radius 2 is 2.06 bits per heavy atom. The molecular formula is C14H20N2O. The summed E-state index contributed by atoms with van der Waals surface area (Å²) >= 11 is 0. The van der Waals surface area contributed by atoms with Crippen molar-refractivity contribution in [3.05, 3.63) is 35.9 Å². The van der Waals surface area contributed by atoms with Crippen molar-refractivity contribution in [2.45, 2.75) is 31.7 Å². The van der Waals surface area contributed by atoms with E-state index >= 15 is 0 Å². The highest BCUT2D eigenvalue weighted by molar-refractivity contribution is 5.83. The Morgan fingerprint density at radius 1 is 1.41 bits per heavy atom. The first kappa shape index (κ1) is 12.1. The van der Waals surface area contributed by atoms with Crippen LogP contribution in [0.5, 0.6) is 0 Å². The molecule has 3 N–H and O–H groups in total. The lowest BCUT2D eigenvalue weighted by molar-refractivity contribution is -0.122. The van der Waals surface area contributed by atoms with Crippen molar-refractivity contribution in [3.63, 3.8) is 0 Å². The summed E-state index contributed by atoms with van der Waals surface area (Å²) in [6.07, 6.45) is 2.08. The molecule has 3 heteroatoms. The highest BCUT2D eigenvalue weighted by atomic mass is 16.1. The van der Waals surface area contributed by atoms with E-state index in [9.17, 15) is 4.79 Å². The van der Waals surface area contributed by atoms with E-state index in [0.29, 0.717) is 12.0 Å². The van der Waals surface area contributed by atoms with Crippen LogP contribution in [0.15, 0.2) is 30.3 Å². The monoisotopic (exact) mass is 232 g/mol. The van der Waals surface area contributed by atoms with Crippen molar-refractivity contribution in [1.82, 2.24) is 5.32 Å². The molecule has 2 rings (SSSR count). The van der Waals surface area contributed by atoms with Gasteiger partial charge >= 0.3 is 0 Å². The second-order valence-electron chi connectivity index (χ2n) is 4.98. The summed E-state index contributed by atoms with van der Waals surface area (Å²) in [5, 5.41) is 3.01. The Morgan fingerprint density at radius 3 is 2.65 bits per heavy atom. The third-order valence-corrected chi connectivity index (χ3v) is 3.53. The van der Waals surface area contributed by atoms with Crippen LogP contribution in [0.2, 0.25) is 0 Å². The van der Waals surface area contributed by atoms with Crippen LogP contribution in [-0.2, 0) is 4.79 Å². The molecule has 1 aromatic rings. The number of nitrogens with two attached hydrogens (primary N) is 1. The van der Waals surface area contributed by atoms with Crippen LogP contribution >= 0.6 is 0 Å². The van der Waals surface area contributed by atoms with Crippen LogP contribution in [0.3, 0.4) is 0 Å². The van der Waals surface area contributed by atoms with Gasteiger partial charge < -0.3 is 11.1 Å². The molecular weight excluding hydrogens is 212 g/mol. The number of carbonyl (C=O) groups excluding carboxylic acids is 1. The van der Waals surface area contributed by atoms with Crippen LogP contribution in [0.4, 0.5) is 0 Å². The van der Waals surface area contributed by atoms with Crippen molar-refractivity contribution < 1.29 is 4.79 Å². The van der Waals surface area contributed by atoms with Crippen LogP contribution in [0.25, 0.3) is 0 Å². The van der Waals surface area contributed by atoms with Crippen LogP contribution in [0, 0.1) is 5.92 Å². The van der Waals surface area contributed by atoms with E-state index in [4.69, 9.17) is 5.73 Å². The molecule has 0 spiro atoms. The molecule has 0 radical (unpaired) electrons. The molecule has 0 bridgehead atoms. The van der Waals surface area contributed by atoms with E-state index in [1.807, 2.05) is 37.3 Å². The Labute approximate surface area is 102 Å². The first-order valence-corrected chi connectivity index (χ1v) is 6.25. The lowest BCUT2D eigenvalue weighted by Crippen LogP contribution is -2.43. The summed E-state index contributed by atoms with van der Waals surface area (Å²) < 4.78 is 0. The molecule has 1 aliphatic carbocycles. The molecule has 1 aliphatic rings. The molecule has 0 heterocycles. The summed E-state index contributed by atoms with van der Waals surface area (Å²) in [6.45, 7) is 2.71. The maximum Gasteiger partial charge on any atom is 0.227 e. The van der Waals surface area contributed by atoms with Gasteiger partial charge in [-0.05, 0) is 31.2 Å². The fraction of sp³-hybridized carbons (Fsp3) is 0.500. The van der Waals surface area contributed by atoms with E-state index in [-0.39, 0.29) is 11.8 Å². The molecule has 1 amide bonds. The lowest BCUT2D eigenvalue weighted by atomic mass is 9.81. The predicted octanol–water partition coefficient (Wildman–Crippen LogP) is 1.64. The summed E-state index contributed by atoms with van der Waals surface area (Å²) in [7, 11) is 0. The van der Waals surface area contributed by atoms with Gasteiger partial charge in [-0.15, -0.1) is 0 Å². The number of amides is 1. The maximum atomic E-state index is 11.9. The van der Waals surface area contributed by atoms with Gasteiger partial charge in [-0.25, -0.2) is 0 Å². The van der Waals surface area contributed by atoms with Gasteiger partial charge in [-0.3, -0.25) is 4.79 Å². The van der Waals surface area contributed by atoms with Gasteiger partial charge in [0.1, 0.15) is 0 Å². The lowest BCUT2D eigenvalue weighted by Gasteiger charge is -2.32. The second-order valence-corrected chi connectivity index (χ2v) is 4.98. The first-order valence-electron chi connectivity index (χ1n) is 6.25. The average Bonchev–Trinajstić information content (AvgIpc) is 2.33. The van der Waals surface area contributed by atoms with E-state index in [1.54, 1.807) is 0 Å². The largest absolute Gasteiger partial charge is 0.355 e. The van der Waals surface area contributed by atoms with E-state index in [0.717, 1.165) is 24.9 Å². The number of hydrogen-bond donors (Lipinski definition) is 2. The average molecular weight is 232 g/mol. The van der Waals surface area contributed by atoms with Gasteiger partial charge in [-0.2, -0.15) is 0 Å². The summed E-state index contributed by atoms with van der Waals surface area (Å²) in [4.78, 5) is 11.9. The highest BCUT2D eigenvalue weighted by Crippen LogP contribution is 2.24. The zero-order valence-corrected chi connectivity index (χ0v) is 10.2. The van der Waals surface area contributed by atoms with Gasteiger partial charge in [0.05, 0.1) is 5.92 Å². The summed E-state index contributed by atoms with van der Waals surface area (Å²) in [5.41, 5.74) is 6.78. The third kappa shape index (κ3) is 3.07. The molecule has 17 heavy (non-hydrogen) atoms. The van der Waals surface area contributed by atoms with Gasteiger partial charge in [0.25, 0.3) is 0 Å². The number of benzene rings is 1. The molecule has 1 unspecified atom stereocenters. The minimum Gasteiger partial charge on any atom is -0.355 e. The zero-order chi connectivity index (χ0) is 12.3. The fourth-order valence-electron chi connectivity index (χ4n) is 2.25. The topological polar surface area (TPSA) is 55.1 Å². The van der Waals surface area contributed by atoms with Crippen molar-refractivity contribution in [1.29, 1.82) is 0 Å². The van der Waals surface area contributed by atoms with Gasteiger partial charge in [0.15, 0.2) is 0 Å². The third-order valence-electron chi connectivity index (χ3n) is 3.53. The number of hydrogen-bond acceptors (Lipinski definition) is 2. The number of carbonyl (C=O) groups is 1. The number of rotatable bonds is 4. The second kappa shape index (κ2) is 5.32. The number of nitrogens with one attached hydrogen (secondary N) is 1. The Balaban J connectivity index is 1.80. The van der Waals surface area contributed by atoms with E-state index in [1.165, 1.54) is 0 Å². The fourth-order valence-corrected chi connectivity index (χ4v) is 2.25. The normalized spacial score (nSPS) is 24.8. The molecule has 92 valence electrons. The van der Waals surface area contributed by atoms with Crippen LogP contribution in [-0.4, -0.2) is 18.5 Å². The SMILES string of the molecule is CC(C(=O)NCC1CC(N)C1)c1ccccc1. The van der Waals surface area contributed by atoms with Crippen molar-refractivity contribution in [2.24, 2.45) is 11.7 Å². The molecule has 1 saturated carbocycles. The smallest absolute Gasteiger partial charge is 0.227 e. The molecule has 1 atom stereocenters. The maximum absolute atomic E-state index is 11.9. The van der Waals surface area contributed by atoms with E-state index in [2.05, 4.69) is 5.32 Å².